The molecular weight excluding hydrogens is 282 g/mol. The number of imide groups is 1. The van der Waals surface area contributed by atoms with Crippen LogP contribution in [-0.4, -0.2) is 47.2 Å². The molecule has 0 radical (unpaired) electrons. The van der Waals surface area contributed by atoms with Gasteiger partial charge >= 0.3 is 0 Å². The van der Waals surface area contributed by atoms with Crippen LogP contribution >= 0.6 is 0 Å². The second-order valence-electron chi connectivity index (χ2n) is 6.22. The highest BCUT2D eigenvalue weighted by atomic mass is 16.2. The van der Waals surface area contributed by atoms with Gasteiger partial charge in [-0.1, -0.05) is 12.8 Å². The lowest BCUT2D eigenvalue weighted by molar-refractivity contribution is -0.146. The lowest BCUT2D eigenvalue weighted by Gasteiger charge is -2.24. The van der Waals surface area contributed by atoms with Crippen molar-refractivity contribution < 1.29 is 14.4 Å². The largest absolute Gasteiger partial charge is 0.340 e. The lowest BCUT2D eigenvalue weighted by Crippen LogP contribution is -2.44. The molecule has 1 aliphatic carbocycles. The van der Waals surface area contributed by atoms with Gasteiger partial charge in [0.1, 0.15) is 6.54 Å². The van der Waals surface area contributed by atoms with E-state index in [0.29, 0.717) is 13.1 Å². The number of carbonyl (C=O) groups excluding carboxylic acids is 3. The van der Waals surface area contributed by atoms with Gasteiger partial charge in [-0.25, -0.2) is 0 Å². The molecule has 0 bridgehead atoms. The maximum absolute atomic E-state index is 12.4. The molecule has 6 heteroatoms. The van der Waals surface area contributed by atoms with Crippen LogP contribution in [0.1, 0.15) is 39.5 Å². The minimum atomic E-state index is -0.267. The van der Waals surface area contributed by atoms with Crippen molar-refractivity contribution in [3.8, 4) is 6.07 Å². The van der Waals surface area contributed by atoms with Crippen molar-refractivity contribution >= 4 is 17.7 Å². The van der Waals surface area contributed by atoms with Gasteiger partial charge in [0, 0.05) is 13.1 Å². The molecular formula is C16H23N3O3. The van der Waals surface area contributed by atoms with E-state index in [-0.39, 0.29) is 42.0 Å². The highest BCUT2D eigenvalue weighted by Crippen LogP contribution is 2.37. The molecule has 3 amide bonds. The van der Waals surface area contributed by atoms with Gasteiger partial charge in [0.25, 0.3) is 0 Å². The Hall–Kier alpha value is -1.90. The van der Waals surface area contributed by atoms with Crippen LogP contribution in [0, 0.1) is 29.1 Å². The average molecular weight is 305 g/mol. The zero-order chi connectivity index (χ0) is 16.3. The molecule has 3 atom stereocenters. The Morgan fingerprint density at radius 2 is 1.86 bits per heavy atom. The number of carbonyl (C=O) groups is 3. The van der Waals surface area contributed by atoms with E-state index in [1.54, 1.807) is 6.92 Å². The Morgan fingerprint density at radius 3 is 2.32 bits per heavy atom. The Balaban J connectivity index is 2.03. The van der Waals surface area contributed by atoms with Crippen LogP contribution in [-0.2, 0) is 14.4 Å². The number of nitrogens with zero attached hydrogens (tertiary/aromatic N) is 3. The predicted molar refractivity (Wildman–Crippen MR) is 79.2 cm³/mol. The van der Waals surface area contributed by atoms with Gasteiger partial charge in [0.05, 0.1) is 23.8 Å². The van der Waals surface area contributed by atoms with E-state index < -0.39 is 0 Å². The fraction of sp³-hybridized carbons (Fsp3) is 0.750. The van der Waals surface area contributed by atoms with Gasteiger partial charge in [-0.05, 0) is 26.7 Å². The number of hydrogen-bond acceptors (Lipinski definition) is 4. The fourth-order valence-corrected chi connectivity index (χ4v) is 3.40. The summed E-state index contributed by atoms with van der Waals surface area (Å²) < 4.78 is 0. The summed E-state index contributed by atoms with van der Waals surface area (Å²) in [6.45, 7) is 4.19. The van der Waals surface area contributed by atoms with Gasteiger partial charge in [0.2, 0.25) is 17.7 Å². The molecule has 0 N–H and O–H groups in total. The molecule has 1 heterocycles. The second-order valence-corrected chi connectivity index (χ2v) is 6.22. The Labute approximate surface area is 131 Å². The van der Waals surface area contributed by atoms with E-state index in [1.807, 2.05) is 6.92 Å². The maximum Gasteiger partial charge on any atom is 0.242 e. The first-order valence-electron chi connectivity index (χ1n) is 8.02. The summed E-state index contributed by atoms with van der Waals surface area (Å²) in [7, 11) is 0. The molecule has 0 aromatic carbocycles. The van der Waals surface area contributed by atoms with Crippen LogP contribution in [0.4, 0.5) is 0 Å². The maximum atomic E-state index is 12.4. The first-order valence-corrected chi connectivity index (χ1v) is 8.02. The minimum Gasteiger partial charge on any atom is -0.340 e. The summed E-state index contributed by atoms with van der Waals surface area (Å²) in [6, 6.07) is 2.10. The average Bonchev–Trinajstić information content (AvgIpc) is 2.77. The van der Waals surface area contributed by atoms with Crippen molar-refractivity contribution in [1.82, 2.24) is 9.80 Å². The van der Waals surface area contributed by atoms with E-state index in [2.05, 4.69) is 6.07 Å². The van der Waals surface area contributed by atoms with Crippen molar-refractivity contribution in [2.45, 2.75) is 39.5 Å². The van der Waals surface area contributed by atoms with E-state index in [1.165, 1.54) is 4.90 Å². The molecule has 0 aromatic heterocycles. The number of likely N-dealkylation sites (N-methyl/N-ethyl adjacent to an activating group) is 1. The number of fused-ring (bicyclic) bond motifs is 1. The molecule has 1 saturated carbocycles. The summed E-state index contributed by atoms with van der Waals surface area (Å²) in [6.07, 6.45) is 3.46. The number of hydrogen-bond donors (Lipinski definition) is 0. The SMILES string of the molecule is CCN(C[C@H](C)C#N)C(=O)CN1C(=O)[C@H]2CCCC[C@@H]2C1=O. The highest BCUT2D eigenvalue weighted by Gasteiger charge is 2.48. The van der Waals surface area contributed by atoms with Crippen LogP contribution in [0.25, 0.3) is 0 Å². The van der Waals surface area contributed by atoms with Crippen LogP contribution in [0.2, 0.25) is 0 Å². The third-order valence-corrected chi connectivity index (χ3v) is 4.67. The van der Waals surface area contributed by atoms with Crippen molar-refractivity contribution in [3.63, 3.8) is 0 Å². The number of rotatable bonds is 5. The Morgan fingerprint density at radius 1 is 1.32 bits per heavy atom. The van der Waals surface area contributed by atoms with Crippen LogP contribution in [0.15, 0.2) is 0 Å². The zero-order valence-electron chi connectivity index (χ0n) is 13.2. The monoisotopic (exact) mass is 305 g/mol. The zero-order valence-corrected chi connectivity index (χ0v) is 13.2. The third kappa shape index (κ3) is 3.13. The van der Waals surface area contributed by atoms with Gasteiger partial charge in [-0.2, -0.15) is 5.26 Å². The third-order valence-electron chi connectivity index (χ3n) is 4.67. The summed E-state index contributed by atoms with van der Waals surface area (Å²) in [5, 5.41) is 8.86. The van der Waals surface area contributed by atoms with Crippen LogP contribution in [0.5, 0.6) is 0 Å². The van der Waals surface area contributed by atoms with Gasteiger partial charge < -0.3 is 4.90 Å². The van der Waals surface area contributed by atoms with Crippen LogP contribution < -0.4 is 0 Å². The van der Waals surface area contributed by atoms with Crippen molar-refractivity contribution in [2.75, 3.05) is 19.6 Å². The molecule has 22 heavy (non-hydrogen) atoms. The molecule has 1 saturated heterocycles. The number of likely N-dealkylation sites (tertiary alicyclic amines) is 1. The van der Waals surface area contributed by atoms with Crippen molar-refractivity contribution in [3.05, 3.63) is 0 Å². The number of nitriles is 1. The molecule has 2 rings (SSSR count). The molecule has 0 spiro atoms. The molecule has 2 fully saturated rings. The second kappa shape index (κ2) is 6.91. The highest BCUT2D eigenvalue weighted by molar-refractivity contribution is 6.07. The summed E-state index contributed by atoms with van der Waals surface area (Å²) in [5.74, 6) is -1.34. The van der Waals surface area contributed by atoms with E-state index in [9.17, 15) is 14.4 Å². The summed E-state index contributed by atoms with van der Waals surface area (Å²) >= 11 is 0. The first kappa shape index (κ1) is 16.5. The normalized spacial score (nSPS) is 25.6. The first-order chi connectivity index (χ1) is 10.5. The van der Waals surface area contributed by atoms with Gasteiger partial charge in [-0.3, -0.25) is 19.3 Å². The van der Waals surface area contributed by atoms with Gasteiger partial charge in [-0.15, -0.1) is 0 Å². The molecule has 120 valence electrons. The van der Waals surface area contributed by atoms with Gasteiger partial charge in [0.15, 0.2) is 0 Å². The smallest absolute Gasteiger partial charge is 0.242 e. The predicted octanol–water partition coefficient (Wildman–Crippen LogP) is 1.17. The summed E-state index contributed by atoms with van der Waals surface area (Å²) in [5.41, 5.74) is 0. The quantitative estimate of drug-likeness (QED) is 0.714. The lowest BCUT2D eigenvalue weighted by atomic mass is 9.81. The molecule has 1 aliphatic heterocycles. The minimum absolute atomic E-state index is 0.184. The Kier molecular flexibility index (Phi) is 5.17. The fourth-order valence-electron chi connectivity index (χ4n) is 3.40. The standard InChI is InChI=1S/C16H23N3O3/c1-3-18(9-11(2)8-17)14(20)10-19-15(21)12-6-4-5-7-13(12)16(19)22/h11-13H,3-7,9-10H2,1-2H3/t11-,12+,13+/m1/s1. The van der Waals surface area contributed by atoms with Crippen LogP contribution in [0.3, 0.4) is 0 Å². The van der Waals surface area contributed by atoms with E-state index in [4.69, 9.17) is 5.26 Å². The summed E-state index contributed by atoms with van der Waals surface area (Å²) in [4.78, 5) is 39.7. The molecule has 6 nitrogen and oxygen atoms in total. The number of amides is 3. The molecule has 2 aliphatic rings. The van der Waals surface area contributed by atoms with Crippen molar-refractivity contribution in [2.24, 2.45) is 17.8 Å². The Bertz CT molecular complexity index is 487. The molecule has 0 unspecified atom stereocenters. The van der Waals surface area contributed by atoms with E-state index in [0.717, 1.165) is 30.6 Å². The van der Waals surface area contributed by atoms with Crippen molar-refractivity contribution in [1.29, 1.82) is 5.26 Å². The van der Waals surface area contributed by atoms with E-state index >= 15 is 0 Å². The molecule has 0 aromatic rings. The topological polar surface area (TPSA) is 81.5 Å².